The SMILES string of the molecule is CC(=O)N1c2ccccc2NC2=C(C(=O)CC(C)(C)C2)[C@@H]1c1ccc(-c2ccc([N+](=O)[O-])cc2Cl)o1. The predicted octanol–water partition coefficient (Wildman–Crippen LogP) is 6.67. The molecule has 0 unspecified atom stereocenters. The van der Waals surface area contributed by atoms with Gasteiger partial charge in [0.2, 0.25) is 5.91 Å². The molecule has 36 heavy (non-hydrogen) atoms. The zero-order valence-electron chi connectivity index (χ0n) is 20.0. The summed E-state index contributed by atoms with van der Waals surface area (Å²) in [5.41, 5.74) is 2.74. The van der Waals surface area contributed by atoms with Crippen LogP contribution in [0.15, 0.2) is 70.3 Å². The van der Waals surface area contributed by atoms with Crippen LogP contribution in [0.4, 0.5) is 17.1 Å². The highest BCUT2D eigenvalue weighted by atomic mass is 35.5. The van der Waals surface area contributed by atoms with Crippen LogP contribution in [-0.2, 0) is 9.59 Å². The Morgan fingerprint density at radius 2 is 1.92 bits per heavy atom. The number of nitrogens with zero attached hydrogens (tertiary/aromatic N) is 2. The second-order valence-corrected chi connectivity index (χ2v) is 10.3. The molecule has 1 N–H and O–H groups in total. The minimum absolute atomic E-state index is 0.0517. The van der Waals surface area contributed by atoms with Crippen LogP contribution in [0.5, 0.6) is 0 Å². The fourth-order valence-electron chi connectivity index (χ4n) is 5.07. The van der Waals surface area contributed by atoms with Gasteiger partial charge in [-0.15, -0.1) is 0 Å². The third-order valence-electron chi connectivity index (χ3n) is 6.57. The average molecular weight is 506 g/mol. The predicted molar refractivity (Wildman–Crippen MR) is 137 cm³/mol. The molecule has 184 valence electrons. The summed E-state index contributed by atoms with van der Waals surface area (Å²) in [6.45, 7) is 5.56. The summed E-state index contributed by atoms with van der Waals surface area (Å²) in [5.74, 6) is 0.481. The molecule has 0 saturated heterocycles. The number of Topliss-reactive ketones (excluding diaryl/α,β-unsaturated/α-hetero) is 1. The Bertz CT molecular complexity index is 1460. The van der Waals surface area contributed by atoms with Crippen molar-refractivity contribution in [3.05, 3.63) is 86.8 Å². The molecule has 3 aromatic rings. The molecule has 0 spiro atoms. The van der Waals surface area contributed by atoms with E-state index in [1.54, 1.807) is 17.0 Å². The lowest BCUT2D eigenvalue weighted by atomic mass is 9.74. The number of hydrogen-bond donors (Lipinski definition) is 1. The molecular formula is C27H24ClN3O5. The lowest BCUT2D eigenvalue weighted by Crippen LogP contribution is -2.38. The van der Waals surface area contributed by atoms with Crippen LogP contribution in [-0.4, -0.2) is 16.6 Å². The molecule has 0 bridgehead atoms. The zero-order valence-corrected chi connectivity index (χ0v) is 20.8. The van der Waals surface area contributed by atoms with Crippen molar-refractivity contribution in [3.63, 3.8) is 0 Å². The van der Waals surface area contributed by atoms with E-state index in [-0.39, 0.29) is 27.8 Å². The number of rotatable bonds is 3. The number of hydrogen-bond acceptors (Lipinski definition) is 6. The average Bonchev–Trinajstić information content (AvgIpc) is 3.21. The van der Waals surface area contributed by atoms with Gasteiger partial charge in [-0.3, -0.25) is 24.6 Å². The topological polar surface area (TPSA) is 106 Å². The quantitative estimate of drug-likeness (QED) is 0.314. The fourth-order valence-corrected chi connectivity index (χ4v) is 5.33. The summed E-state index contributed by atoms with van der Waals surface area (Å²) in [7, 11) is 0. The number of non-ortho nitro benzene ring substituents is 1. The van der Waals surface area contributed by atoms with Crippen LogP contribution >= 0.6 is 11.6 Å². The number of halogens is 1. The number of allylic oxidation sites excluding steroid dienone is 1. The van der Waals surface area contributed by atoms with Crippen molar-refractivity contribution in [2.24, 2.45) is 5.41 Å². The number of nitro benzene ring substituents is 1. The normalized spacial score (nSPS) is 18.7. The van der Waals surface area contributed by atoms with Gasteiger partial charge < -0.3 is 9.73 Å². The van der Waals surface area contributed by atoms with Crippen LogP contribution in [0.3, 0.4) is 0 Å². The summed E-state index contributed by atoms with van der Waals surface area (Å²) in [5, 5.41) is 14.7. The van der Waals surface area contributed by atoms with Gasteiger partial charge >= 0.3 is 0 Å². The molecular weight excluding hydrogens is 482 g/mol. The molecule has 0 saturated carbocycles. The molecule has 2 heterocycles. The smallest absolute Gasteiger partial charge is 0.270 e. The number of ketones is 1. The van der Waals surface area contributed by atoms with Crippen molar-refractivity contribution < 1.29 is 18.9 Å². The molecule has 0 fully saturated rings. The van der Waals surface area contributed by atoms with Gasteiger partial charge in [0.05, 0.1) is 21.3 Å². The first-order valence-electron chi connectivity index (χ1n) is 11.5. The Labute approximate surface area is 212 Å². The van der Waals surface area contributed by atoms with Gasteiger partial charge in [-0.25, -0.2) is 0 Å². The molecule has 5 rings (SSSR count). The molecule has 8 nitrogen and oxygen atoms in total. The molecule has 1 aliphatic heterocycles. The molecule has 0 radical (unpaired) electrons. The van der Waals surface area contributed by atoms with E-state index in [1.807, 2.05) is 38.1 Å². The maximum Gasteiger partial charge on any atom is 0.270 e. The van der Waals surface area contributed by atoms with Crippen molar-refractivity contribution >= 4 is 40.4 Å². The van der Waals surface area contributed by atoms with Crippen molar-refractivity contribution in [1.29, 1.82) is 0 Å². The van der Waals surface area contributed by atoms with E-state index >= 15 is 0 Å². The Morgan fingerprint density at radius 1 is 1.17 bits per heavy atom. The first kappa shape index (κ1) is 23.8. The van der Waals surface area contributed by atoms with Crippen LogP contribution in [0, 0.1) is 15.5 Å². The van der Waals surface area contributed by atoms with Gasteiger partial charge in [0.15, 0.2) is 5.78 Å². The highest BCUT2D eigenvalue weighted by Gasteiger charge is 2.43. The first-order chi connectivity index (χ1) is 17.1. The summed E-state index contributed by atoms with van der Waals surface area (Å²) in [6, 6.07) is 14.2. The van der Waals surface area contributed by atoms with E-state index in [0.29, 0.717) is 41.2 Å². The Hall–Kier alpha value is -3.91. The van der Waals surface area contributed by atoms with Gasteiger partial charge in [-0.1, -0.05) is 37.6 Å². The molecule has 1 aliphatic carbocycles. The molecule has 1 aromatic heterocycles. The Kier molecular flexibility index (Phi) is 5.71. The molecule has 1 amide bonds. The lowest BCUT2D eigenvalue weighted by molar-refractivity contribution is -0.384. The number of carbonyl (C=O) groups excluding carboxylic acids is 2. The summed E-state index contributed by atoms with van der Waals surface area (Å²) >= 11 is 6.34. The maximum absolute atomic E-state index is 13.6. The van der Waals surface area contributed by atoms with E-state index in [9.17, 15) is 19.7 Å². The van der Waals surface area contributed by atoms with E-state index in [4.69, 9.17) is 16.0 Å². The van der Waals surface area contributed by atoms with Gasteiger partial charge in [-0.05, 0) is 42.2 Å². The second kappa shape index (κ2) is 8.64. The number of carbonyl (C=O) groups is 2. The maximum atomic E-state index is 13.6. The van der Waals surface area contributed by atoms with Gasteiger partial charge in [-0.2, -0.15) is 0 Å². The third-order valence-corrected chi connectivity index (χ3v) is 6.88. The highest BCUT2D eigenvalue weighted by Crippen LogP contribution is 2.49. The fraction of sp³-hybridized carbons (Fsp3) is 0.259. The number of amides is 1. The number of anilines is 2. The molecule has 2 aromatic carbocycles. The van der Waals surface area contributed by atoms with Crippen LogP contribution < -0.4 is 10.2 Å². The summed E-state index contributed by atoms with van der Waals surface area (Å²) in [4.78, 5) is 38.8. The minimum Gasteiger partial charge on any atom is -0.458 e. The Morgan fingerprint density at radius 3 is 2.61 bits per heavy atom. The van der Waals surface area contributed by atoms with Crippen molar-refractivity contribution in [1.82, 2.24) is 0 Å². The van der Waals surface area contributed by atoms with Gasteiger partial charge in [0.1, 0.15) is 17.6 Å². The first-order valence-corrected chi connectivity index (χ1v) is 11.9. The van der Waals surface area contributed by atoms with Gasteiger partial charge in [0.25, 0.3) is 5.69 Å². The van der Waals surface area contributed by atoms with E-state index in [1.165, 1.54) is 25.1 Å². The number of nitro groups is 1. The standard InChI is InChI=1S/C27H24ClN3O5/c1-15(32)30-21-7-5-4-6-19(21)29-20-13-27(2,3)14-22(33)25(20)26(30)24-11-10-23(36-24)17-9-8-16(31(34)35)12-18(17)28/h4-12,26,29H,13-14H2,1-3H3/t26-/m0/s1. The van der Waals surface area contributed by atoms with Crippen LogP contribution in [0.2, 0.25) is 5.02 Å². The van der Waals surface area contributed by atoms with Gasteiger partial charge in [0, 0.05) is 42.3 Å². The molecule has 9 heteroatoms. The third kappa shape index (κ3) is 4.07. The number of furan rings is 1. The zero-order chi connectivity index (χ0) is 25.8. The van der Waals surface area contributed by atoms with Crippen molar-refractivity contribution in [3.8, 4) is 11.3 Å². The van der Waals surface area contributed by atoms with Crippen LogP contribution in [0.1, 0.15) is 45.4 Å². The lowest BCUT2D eigenvalue weighted by Gasteiger charge is -2.35. The van der Waals surface area contributed by atoms with Crippen LogP contribution in [0.25, 0.3) is 11.3 Å². The second-order valence-electron chi connectivity index (χ2n) is 9.89. The molecule has 2 aliphatic rings. The monoisotopic (exact) mass is 505 g/mol. The van der Waals surface area contributed by atoms with E-state index in [0.717, 1.165) is 11.4 Å². The van der Waals surface area contributed by atoms with Crippen molar-refractivity contribution in [2.75, 3.05) is 10.2 Å². The Balaban J connectivity index is 1.69. The number of nitrogens with one attached hydrogen (secondary N) is 1. The number of benzene rings is 2. The van der Waals surface area contributed by atoms with E-state index in [2.05, 4.69) is 5.32 Å². The van der Waals surface area contributed by atoms with E-state index < -0.39 is 11.0 Å². The minimum atomic E-state index is -0.789. The number of fused-ring (bicyclic) bond motifs is 1. The highest BCUT2D eigenvalue weighted by molar-refractivity contribution is 6.33. The summed E-state index contributed by atoms with van der Waals surface area (Å²) < 4.78 is 6.23. The summed E-state index contributed by atoms with van der Waals surface area (Å²) in [6.07, 6.45) is 0.972. The number of para-hydroxylation sites is 2. The largest absolute Gasteiger partial charge is 0.458 e. The molecule has 1 atom stereocenters. The van der Waals surface area contributed by atoms with Crippen molar-refractivity contribution in [2.45, 2.75) is 39.7 Å².